The van der Waals surface area contributed by atoms with E-state index in [4.69, 9.17) is 9.47 Å². The predicted molar refractivity (Wildman–Crippen MR) is 109 cm³/mol. The second-order valence-electron chi connectivity index (χ2n) is 7.14. The minimum Gasteiger partial charge on any atom is -0.493 e. The van der Waals surface area contributed by atoms with Crippen LogP contribution in [0.2, 0.25) is 0 Å². The molecule has 1 aliphatic rings. The van der Waals surface area contributed by atoms with Gasteiger partial charge in [-0.05, 0) is 31.3 Å². The maximum Gasteiger partial charge on any atom is 0.258 e. The van der Waals surface area contributed by atoms with Crippen molar-refractivity contribution in [3.63, 3.8) is 0 Å². The lowest BCUT2D eigenvalue weighted by atomic mass is 10.1. The smallest absolute Gasteiger partial charge is 0.258 e. The highest BCUT2D eigenvalue weighted by molar-refractivity contribution is 5.77. The number of benzene rings is 1. The molecule has 1 aromatic carbocycles. The summed E-state index contributed by atoms with van der Waals surface area (Å²) in [6.07, 6.45) is 2.05. The van der Waals surface area contributed by atoms with Crippen molar-refractivity contribution < 1.29 is 14.3 Å². The number of rotatable bonds is 8. The van der Waals surface area contributed by atoms with Gasteiger partial charge in [0, 0.05) is 51.7 Å². The molecule has 2 heterocycles. The van der Waals surface area contributed by atoms with Crippen LogP contribution in [0.15, 0.2) is 42.6 Å². The van der Waals surface area contributed by atoms with E-state index >= 15 is 0 Å². The molecule has 7 heteroatoms. The van der Waals surface area contributed by atoms with Crippen LogP contribution in [-0.2, 0) is 11.8 Å². The van der Waals surface area contributed by atoms with Crippen LogP contribution in [0.3, 0.4) is 0 Å². The fraction of sp³-hybridized carbons (Fsp3) is 0.476. The van der Waals surface area contributed by atoms with E-state index in [2.05, 4.69) is 32.8 Å². The summed E-state index contributed by atoms with van der Waals surface area (Å²) in [4.78, 5) is 17.2. The Balaban J connectivity index is 1.58. The third-order valence-electron chi connectivity index (χ3n) is 5.22. The number of hydrogen-bond acceptors (Lipinski definition) is 5. The van der Waals surface area contributed by atoms with Crippen molar-refractivity contribution in [2.45, 2.75) is 6.04 Å². The molecule has 0 aliphatic carbocycles. The topological polar surface area (TPSA) is 59.0 Å². The Labute approximate surface area is 166 Å². The number of aryl methyl sites for hydroxylation is 1. The molecule has 1 aliphatic heterocycles. The highest BCUT2D eigenvalue weighted by atomic mass is 16.5. The van der Waals surface area contributed by atoms with E-state index in [1.807, 2.05) is 37.5 Å². The van der Waals surface area contributed by atoms with Crippen molar-refractivity contribution in [1.29, 1.82) is 0 Å². The second-order valence-corrected chi connectivity index (χ2v) is 7.14. The van der Waals surface area contributed by atoms with Gasteiger partial charge in [-0.1, -0.05) is 12.1 Å². The molecule has 0 saturated carbocycles. The van der Waals surface area contributed by atoms with Gasteiger partial charge < -0.3 is 24.3 Å². The monoisotopic (exact) mass is 386 g/mol. The molecule has 152 valence electrons. The van der Waals surface area contributed by atoms with E-state index < -0.39 is 0 Å². The van der Waals surface area contributed by atoms with Crippen molar-refractivity contribution in [2.75, 3.05) is 53.5 Å². The molecule has 0 bridgehead atoms. The Kier molecular flexibility index (Phi) is 6.95. The Morgan fingerprint density at radius 2 is 1.79 bits per heavy atom. The van der Waals surface area contributed by atoms with Gasteiger partial charge in [0.1, 0.15) is 0 Å². The lowest BCUT2D eigenvalue weighted by Gasteiger charge is -2.38. The average molecular weight is 386 g/mol. The largest absolute Gasteiger partial charge is 0.493 e. The molecule has 0 radical (unpaired) electrons. The van der Waals surface area contributed by atoms with E-state index in [1.165, 1.54) is 5.69 Å². The molecule has 1 N–H and O–H groups in total. The van der Waals surface area contributed by atoms with Gasteiger partial charge in [0.2, 0.25) is 0 Å². The van der Waals surface area contributed by atoms with Gasteiger partial charge in [-0.25, -0.2) is 0 Å². The normalized spacial score (nSPS) is 16.5. The molecular weight excluding hydrogens is 356 g/mol. The summed E-state index contributed by atoms with van der Waals surface area (Å²) in [5.74, 6) is 1.05. The molecule has 7 nitrogen and oxygen atoms in total. The number of aromatic nitrogens is 1. The van der Waals surface area contributed by atoms with Gasteiger partial charge in [0.25, 0.3) is 5.91 Å². The third kappa shape index (κ3) is 5.05. The van der Waals surface area contributed by atoms with Crippen molar-refractivity contribution >= 4 is 5.91 Å². The first kappa shape index (κ1) is 20.2. The number of piperazine rings is 1. The van der Waals surface area contributed by atoms with Crippen molar-refractivity contribution in [3.05, 3.63) is 48.3 Å². The minimum atomic E-state index is -0.140. The Hall–Kier alpha value is -2.51. The molecule has 1 amide bonds. The van der Waals surface area contributed by atoms with Gasteiger partial charge in [-0.2, -0.15) is 0 Å². The zero-order chi connectivity index (χ0) is 19.9. The number of likely N-dealkylation sites (N-methyl/N-ethyl adjacent to an activating group) is 1. The Morgan fingerprint density at radius 3 is 2.43 bits per heavy atom. The van der Waals surface area contributed by atoms with Crippen LogP contribution in [0, 0.1) is 0 Å². The molecule has 3 rings (SSSR count). The zero-order valence-corrected chi connectivity index (χ0v) is 16.9. The summed E-state index contributed by atoms with van der Waals surface area (Å²) in [6.45, 7) is 4.55. The SMILES string of the molecule is COc1ccccc1OCC(=O)NCC(c1cccn1C)N1CCN(C)CC1. The zero-order valence-electron chi connectivity index (χ0n) is 16.9. The lowest BCUT2D eigenvalue weighted by Crippen LogP contribution is -2.49. The van der Waals surface area contributed by atoms with Gasteiger partial charge in [-0.3, -0.25) is 9.69 Å². The maximum atomic E-state index is 12.4. The molecule has 28 heavy (non-hydrogen) atoms. The number of carbonyl (C=O) groups excluding carboxylic acids is 1. The molecule has 1 aromatic heterocycles. The number of ether oxygens (including phenoxy) is 2. The van der Waals surface area contributed by atoms with E-state index in [0.717, 1.165) is 26.2 Å². The average Bonchev–Trinajstić information content (AvgIpc) is 3.13. The summed E-state index contributed by atoms with van der Waals surface area (Å²) in [7, 11) is 5.78. The van der Waals surface area contributed by atoms with E-state index in [0.29, 0.717) is 18.0 Å². The van der Waals surface area contributed by atoms with Crippen LogP contribution >= 0.6 is 0 Å². The Bertz CT molecular complexity index is 769. The minimum absolute atomic E-state index is 0.0387. The highest BCUT2D eigenvalue weighted by Gasteiger charge is 2.26. The van der Waals surface area contributed by atoms with E-state index in [9.17, 15) is 4.79 Å². The molecule has 1 unspecified atom stereocenters. The summed E-state index contributed by atoms with van der Waals surface area (Å²) in [5.41, 5.74) is 1.20. The summed E-state index contributed by atoms with van der Waals surface area (Å²) in [5, 5.41) is 3.04. The van der Waals surface area contributed by atoms with Gasteiger partial charge in [-0.15, -0.1) is 0 Å². The number of hydrogen-bond donors (Lipinski definition) is 1. The van der Waals surface area contributed by atoms with Gasteiger partial charge in [0.15, 0.2) is 18.1 Å². The predicted octanol–water partition coefficient (Wildman–Crippen LogP) is 1.52. The van der Waals surface area contributed by atoms with Crippen LogP contribution in [0.4, 0.5) is 0 Å². The van der Waals surface area contributed by atoms with Crippen LogP contribution in [0.5, 0.6) is 11.5 Å². The van der Waals surface area contributed by atoms with Gasteiger partial charge >= 0.3 is 0 Å². The number of nitrogens with zero attached hydrogens (tertiary/aromatic N) is 3. The quantitative estimate of drug-likeness (QED) is 0.745. The highest BCUT2D eigenvalue weighted by Crippen LogP contribution is 2.25. The first-order valence-electron chi connectivity index (χ1n) is 9.65. The number of amides is 1. The molecule has 0 spiro atoms. The van der Waals surface area contributed by atoms with Crippen molar-refractivity contribution in [2.24, 2.45) is 7.05 Å². The standard InChI is InChI=1S/C21H30N4O3/c1-23-11-13-25(14-12-23)18(17-7-6-10-24(17)2)15-22-21(26)16-28-20-9-5-4-8-19(20)27-3/h4-10,18H,11-16H2,1-3H3,(H,22,26). The van der Waals surface area contributed by atoms with Crippen molar-refractivity contribution in [1.82, 2.24) is 19.7 Å². The maximum absolute atomic E-state index is 12.4. The van der Waals surface area contributed by atoms with Crippen LogP contribution in [0.1, 0.15) is 11.7 Å². The summed E-state index contributed by atoms with van der Waals surface area (Å²) in [6, 6.07) is 11.6. The Morgan fingerprint density at radius 1 is 1.07 bits per heavy atom. The first-order chi connectivity index (χ1) is 13.6. The van der Waals surface area contributed by atoms with Crippen LogP contribution in [0.25, 0.3) is 0 Å². The van der Waals surface area contributed by atoms with Crippen molar-refractivity contribution in [3.8, 4) is 11.5 Å². The third-order valence-corrected chi connectivity index (χ3v) is 5.22. The fourth-order valence-electron chi connectivity index (χ4n) is 3.52. The summed E-state index contributed by atoms with van der Waals surface area (Å²) < 4.78 is 13.0. The molecule has 1 fully saturated rings. The van der Waals surface area contributed by atoms with E-state index in [-0.39, 0.29) is 18.6 Å². The molecule has 1 atom stereocenters. The van der Waals surface area contributed by atoms with Crippen LogP contribution < -0.4 is 14.8 Å². The van der Waals surface area contributed by atoms with E-state index in [1.54, 1.807) is 13.2 Å². The van der Waals surface area contributed by atoms with Crippen LogP contribution in [-0.4, -0.2) is 73.8 Å². The number of para-hydroxylation sites is 2. The fourth-order valence-corrected chi connectivity index (χ4v) is 3.52. The number of nitrogens with one attached hydrogen (secondary N) is 1. The first-order valence-corrected chi connectivity index (χ1v) is 9.65. The summed E-state index contributed by atoms with van der Waals surface area (Å²) >= 11 is 0. The molecular formula is C21H30N4O3. The van der Waals surface area contributed by atoms with Gasteiger partial charge in [0.05, 0.1) is 13.2 Å². The molecule has 2 aromatic rings. The number of methoxy groups -OCH3 is 1. The second kappa shape index (κ2) is 9.61. The lowest BCUT2D eigenvalue weighted by molar-refractivity contribution is -0.123. The molecule has 1 saturated heterocycles. The number of carbonyl (C=O) groups is 1.